The number of rotatable bonds is 9. The van der Waals surface area contributed by atoms with E-state index in [1.807, 2.05) is 13.8 Å². The number of hydrogen-bond donors (Lipinski definition) is 1. The summed E-state index contributed by atoms with van der Waals surface area (Å²) in [5.41, 5.74) is 1.39. The molecule has 0 radical (unpaired) electrons. The van der Waals surface area contributed by atoms with E-state index in [1.54, 1.807) is 42.5 Å². The molecular formula is C23H27NO6. The van der Waals surface area contributed by atoms with Crippen molar-refractivity contribution in [1.29, 1.82) is 0 Å². The molecule has 0 saturated heterocycles. The van der Waals surface area contributed by atoms with Crippen LogP contribution in [0.4, 0.5) is 0 Å². The molecule has 0 aromatic heterocycles. The molecule has 7 heteroatoms. The number of esters is 1. The van der Waals surface area contributed by atoms with Gasteiger partial charge in [0, 0.05) is 11.1 Å². The number of amides is 1. The SMILES string of the molecule is COc1ccc(C(C)=O)cc1COC(=O)[C@@H](NC(=O)c1ccccc1OC)C(C)C. The van der Waals surface area contributed by atoms with Gasteiger partial charge in [0.1, 0.15) is 24.1 Å². The van der Waals surface area contributed by atoms with E-state index in [1.165, 1.54) is 21.1 Å². The first kappa shape index (κ1) is 22.9. The molecule has 0 aliphatic carbocycles. The molecule has 2 aromatic rings. The summed E-state index contributed by atoms with van der Waals surface area (Å²) in [4.78, 5) is 37.0. The summed E-state index contributed by atoms with van der Waals surface area (Å²) in [6, 6.07) is 10.8. The van der Waals surface area contributed by atoms with Crippen LogP contribution in [0.5, 0.6) is 11.5 Å². The van der Waals surface area contributed by atoms with Gasteiger partial charge in [-0.05, 0) is 43.2 Å². The van der Waals surface area contributed by atoms with Crippen molar-refractivity contribution in [2.45, 2.75) is 33.4 Å². The third kappa shape index (κ3) is 5.59. The average Bonchev–Trinajstić information content (AvgIpc) is 2.74. The Hall–Kier alpha value is -3.35. The molecule has 0 saturated carbocycles. The van der Waals surface area contributed by atoms with E-state index in [0.29, 0.717) is 28.2 Å². The predicted octanol–water partition coefficient (Wildman–Crippen LogP) is 3.40. The van der Waals surface area contributed by atoms with Gasteiger partial charge in [0.15, 0.2) is 5.78 Å². The molecule has 160 valence electrons. The number of Topliss-reactive ketones (excluding diaryl/α,β-unsaturated/α-hetero) is 1. The van der Waals surface area contributed by atoms with Gasteiger partial charge < -0.3 is 19.5 Å². The van der Waals surface area contributed by atoms with Gasteiger partial charge >= 0.3 is 5.97 Å². The smallest absolute Gasteiger partial charge is 0.329 e. The van der Waals surface area contributed by atoms with Crippen molar-refractivity contribution in [3.63, 3.8) is 0 Å². The van der Waals surface area contributed by atoms with E-state index >= 15 is 0 Å². The van der Waals surface area contributed by atoms with Crippen LogP contribution in [0, 0.1) is 5.92 Å². The fourth-order valence-electron chi connectivity index (χ4n) is 2.90. The van der Waals surface area contributed by atoms with Gasteiger partial charge in [-0.15, -0.1) is 0 Å². The Morgan fingerprint density at radius 1 is 0.967 bits per heavy atom. The highest BCUT2D eigenvalue weighted by Crippen LogP contribution is 2.22. The third-order valence-corrected chi connectivity index (χ3v) is 4.62. The molecule has 2 rings (SSSR count). The zero-order valence-electron chi connectivity index (χ0n) is 17.9. The molecule has 0 unspecified atom stereocenters. The molecule has 7 nitrogen and oxygen atoms in total. The predicted molar refractivity (Wildman–Crippen MR) is 112 cm³/mol. The molecule has 0 spiro atoms. The van der Waals surface area contributed by atoms with Crippen LogP contribution >= 0.6 is 0 Å². The Balaban J connectivity index is 2.14. The molecule has 30 heavy (non-hydrogen) atoms. The summed E-state index contributed by atoms with van der Waals surface area (Å²) in [6.07, 6.45) is 0. The minimum absolute atomic E-state index is 0.0864. The van der Waals surface area contributed by atoms with Crippen LogP contribution < -0.4 is 14.8 Å². The number of benzene rings is 2. The first-order valence-electron chi connectivity index (χ1n) is 9.56. The molecule has 0 fully saturated rings. The van der Waals surface area contributed by atoms with Crippen molar-refractivity contribution in [1.82, 2.24) is 5.32 Å². The number of nitrogens with one attached hydrogen (secondary N) is 1. The molecule has 1 atom stereocenters. The van der Waals surface area contributed by atoms with E-state index in [2.05, 4.69) is 5.32 Å². The van der Waals surface area contributed by atoms with Crippen LogP contribution in [0.3, 0.4) is 0 Å². The van der Waals surface area contributed by atoms with Crippen molar-refractivity contribution in [2.24, 2.45) is 5.92 Å². The normalized spacial score (nSPS) is 11.5. The highest BCUT2D eigenvalue weighted by atomic mass is 16.5. The molecule has 0 bridgehead atoms. The number of ketones is 1. The first-order valence-corrected chi connectivity index (χ1v) is 9.56. The van der Waals surface area contributed by atoms with Gasteiger partial charge in [-0.1, -0.05) is 26.0 Å². The highest BCUT2D eigenvalue weighted by Gasteiger charge is 2.27. The number of hydrogen-bond acceptors (Lipinski definition) is 6. The number of para-hydroxylation sites is 1. The second-order valence-electron chi connectivity index (χ2n) is 7.09. The summed E-state index contributed by atoms with van der Waals surface area (Å²) in [7, 11) is 2.97. The number of methoxy groups -OCH3 is 2. The largest absolute Gasteiger partial charge is 0.496 e. The first-order chi connectivity index (χ1) is 14.3. The lowest BCUT2D eigenvalue weighted by molar-refractivity contribution is -0.148. The van der Waals surface area contributed by atoms with Crippen LogP contribution in [0.25, 0.3) is 0 Å². The van der Waals surface area contributed by atoms with Crippen LogP contribution in [0.2, 0.25) is 0 Å². The number of carbonyl (C=O) groups is 3. The van der Waals surface area contributed by atoms with E-state index < -0.39 is 17.9 Å². The number of carbonyl (C=O) groups excluding carboxylic acids is 3. The maximum absolute atomic E-state index is 12.7. The Morgan fingerprint density at radius 3 is 2.23 bits per heavy atom. The van der Waals surface area contributed by atoms with E-state index in [-0.39, 0.29) is 18.3 Å². The summed E-state index contributed by atoms with van der Waals surface area (Å²) < 4.78 is 15.9. The van der Waals surface area contributed by atoms with Gasteiger partial charge in [-0.25, -0.2) is 4.79 Å². The molecule has 0 heterocycles. The van der Waals surface area contributed by atoms with Crippen molar-refractivity contribution >= 4 is 17.7 Å². The lowest BCUT2D eigenvalue weighted by Crippen LogP contribution is -2.45. The van der Waals surface area contributed by atoms with E-state index in [0.717, 1.165) is 0 Å². The zero-order valence-corrected chi connectivity index (χ0v) is 17.9. The summed E-state index contributed by atoms with van der Waals surface area (Å²) in [6.45, 7) is 4.99. The van der Waals surface area contributed by atoms with Crippen molar-refractivity contribution in [2.75, 3.05) is 14.2 Å². The third-order valence-electron chi connectivity index (χ3n) is 4.62. The fourth-order valence-corrected chi connectivity index (χ4v) is 2.90. The molecule has 0 aliphatic heterocycles. The van der Waals surface area contributed by atoms with Crippen molar-refractivity contribution < 1.29 is 28.6 Å². The van der Waals surface area contributed by atoms with Crippen LogP contribution in [0.1, 0.15) is 47.1 Å². The monoisotopic (exact) mass is 413 g/mol. The van der Waals surface area contributed by atoms with Crippen molar-refractivity contribution in [3.8, 4) is 11.5 Å². The summed E-state index contributed by atoms with van der Waals surface area (Å²) in [5, 5.41) is 2.72. The zero-order chi connectivity index (χ0) is 22.3. The minimum Gasteiger partial charge on any atom is -0.496 e. The standard InChI is InChI=1S/C23H27NO6/c1-14(2)21(24-22(26)18-8-6-7-9-20(18)29-5)23(27)30-13-17-12-16(15(3)25)10-11-19(17)28-4/h6-12,14,21H,13H2,1-5H3,(H,24,26)/t21-/m0/s1. The summed E-state index contributed by atoms with van der Waals surface area (Å²) >= 11 is 0. The Kier molecular flexibility index (Phi) is 7.98. The lowest BCUT2D eigenvalue weighted by atomic mass is 10.0. The van der Waals surface area contributed by atoms with Gasteiger partial charge in [0.25, 0.3) is 5.91 Å². The Labute approximate surface area is 176 Å². The van der Waals surface area contributed by atoms with Crippen LogP contribution in [-0.4, -0.2) is 37.9 Å². The van der Waals surface area contributed by atoms with Gasteiger partial charge in [0.2, 0.25) is 0 Å². The molecule has 2 aromatic carbocycles. The van der Waals surface area contributed by atoms with Crippen LogP contribution in [0.15, 0.2) is 42.5 Å². The van der Waals surface area contributed by atoms with E-state index in [9.17, 15) is 14.4 Å². The Morgan fingerprint density at radius 2 is 1.63 bits per heavy atom. The van der Waals surface area contributed by atoms with Gasteiger partial charge in [-0.2, -0.15) is 0 Å². The average molecular weight is 413 g/mol. The topological polar surface area (TPSA) is 90.9 Å². The molecule has 1 N–H and O–H groups in total. The second kappa shape index (κ2) is 10.4. The number of ether oxygens (including phenoxy) is 3. The van der Waals surface area contributed by atoms with Crippen LogP contribution in [-0.2, 0) is 16.1 Å². The minimum atomic E-state index is -0.857. The highest BCUT2D eigenvalue weighted by molar-refractivity contribution is 5.99. The van der Waals surface area contributed by atoms with Gasteiger partial charge in [-0.3, -0.25) is 9.59 Å². The Bertz CT molecular complexity index is 922. The molecular weight excluding hydrogens is 386 g/mol. The lowest BCUT2D eigenvalue weighted by Gasteiger charge is -2.22. The summed E-state index contributed by atoms with van der Waals surface area (Å²) in [5.74, 6) is -0.401. The molecule has 1 amide bonds. The fraction of sp³-hybridized carbons (Fsp3) is 0.348. The maximum atomic E-state index is 12.7. The second-order valence-corrected chi connectivity index (χ2v) is 7.09. The van der Waals surface area contributed by atoms with E-state index in [4.69, 9.17) is 14.2 Å². The van der Waals surface area contributed by atoms with Crippen molar-refractivity contribution in [3.05, 3.63) is 59.2 Å². The quantitative estimate of drug-likeness (QED) is 0.500. The van der Waals surface area contributed by atoms with Gasteiger partial charge in [0.05, 0.1) is 19.8 Å². The molecule has 0 aliphatic rings. The maximum Gasteiger partial charge on any atom is 0.329 e.